The minimum absolute atomic E-state index is 0.173. The van der Waals surface area contributed by atoms with Gasteiger partial charge in [0.25, 0.3) is 0 Å². The third kappa shape index (κ3) is 5.17. The molecule has 1 aromatic carbocycles. The quantitative estimate of drug-likeness (QED) is 0.485. The predicted molar refractivity (Wildman–Crippen MR) is 137 cm³/mol. The molecular formula is C24H42O6SSi2. The highest BCUT2D eigenvalue weighted by Gasteiger charge is 2.64. The van der Waals surface area contributed by atoms with Crippen LogP contribution in [0.15, 0.2) is 35.2 Å². The molecule has 2 fully saturated rings. The summed E-state index contributed by atoms with van der Waals surface area (Å²) in [5.41, 5.74) is 0.126. The smallest absolute Gasteiger partial charge is 0.335 e. The SMILES string of the molecule is CC(C)[Si]1(C(C)C)O[C@@H]2[C@@H](O)[C@H](Sc3ccccc3)O[C@H](CO)[C@H]2O[Si](C(C)C)(C(C)C)O1. The Kier molecular flexibility index (Phi) is 8.95. The molecule has 0 amide bonds. The van der Waals surface area contributed by atoms with Crippen molar-refractivity contribution in [2.75, 3.05) is 6.61 Å². The van der Waals surface area contributed by atoms with Crippen molar-refractivity contribution in [1.29, 1.82) is 0 Å². The van der Waals surface area contributed by atoms with Gasteiger partial charge in [0.1, 0.15) is 29.9 Å². The van der Waals surface area contributed by atoms with Crippen LogP contribution in [0.4, 0.5) is 0 Å². The van der Waals surface area contributed by atoms with Crippen LogP contribution >= 0.6 is 11.8 Å². The molecule has 188 valence electrons. The lowest BCUT2D eigenvalue weighted by Crippen LogP contribution is -2.62. The summed E-state index contributed by atoms with van der Waals surface area (Å²) in [5.74, 6) is 0. The van der Waals surface area contributed by atoms with Crippen LogP contribution < -0.4 is 0 Å². The number of fused-ring (bicyclic) bond motifs is 1. The fourth-order valence-corrected chi connectivity index (χ4v) is 17.5. The maximum absolute atomic E-state index is 11.6. The lowest BCUT2D eigenvalue weighted by molar-refractivity contribution is -0.194. The third-order valence-electron chi connectivity index (χ3n) is 6.97. The van der Waals surface area contributed by atoms with Gasteiger partial charge in [0.15, 0.2) is 0 Å². The molecule has 0 bridgehead atoms. The average Bonchev–Trinajstić information content (AvgIpc) is 2.94. The first-order valence-corrected chi connectivity index (χ1v) is 17.0. The molecule has 0 aromatic heterocycles. The molecule has 0 saturated carbocycles. The van der Waals surface area contributed by atoms with Gasteiger partial charge in [-0.05, 0) is 34.3 Å². The standard InChI is InChI=1S/C24H42O6SSi2/c1-15(2)32(16(3)4)28-22-20(14-25)27-24(31-19-12-10-9-11-13-19)21(26)23(22)29-33(30-32,17(5)6)18(7)8/h9-13,15-18,20-26H,14H2,1-8H3/t20-,21-,22-,23-,24+/m1/s1. The third-order valence-corrected chi connectivity index (χ3v) is 18.4. The molecule has 2 aliphatic rings. The molecule has 6 nitrogen and oxygen atoms in total. The van der Waals surface area contributed by atoms with Gasteiger partial charge in [-0.2, -0.15) is 0 Å². The van der Waals surface area contributed by atoms with E-state index >= 15 is 0 Å². The monoisotopic (exact) mass is 514 g/mol. The summed E-state index contributed by atoms with van der Waals surface area (Å²) in [6, 6.07) is 9.87. The van der Waals surface area contributed by atoms with Crippen LogP contribution in [0.1, 0.15) is 55.4 Å². The molecule has 2 aliphatic heterocycles. The van der Waals surface area contributed by atoms with Crippen molar-refractivity contribution in [3.05, 3.63) is 30.3 Å². The van der Waals surface area contributed by atoms with E-state index in [9.17, 15) is 10.2 Å². The summed E-state index contributed by atoms with van der Waals surface area (Å²) >= 11 is 1.45. The topological polar surface area (TPSA) is 77.4 Å². The van der Waals surface area contributed by atoms with Crippen molar-refractivity contribution >= 4 is 28.9 Å². The number of rotatable bonds is 7. The van der Waals surface area contributed by atoms with Crippen molar-refractivity contribution < 1.29 is 27.9 Å². The van der Waals surface area contributed by atoms with E-state index in [1.54, 1.807) is 0 Å². The normalized spacial score (nSPS) is 31.8. The first-order valence-electron chi connectivity index (χ1n) is 12.2. The van der Waals surface area contributed by atoms with Gasteiger partial charge in [-0.1, -0.05) is 85.4 Å². The Balaban J connectivity index is 2.08. The van der Waals surface area contributed by atoms with Gasteiger partial charge in [0.2, 0.25) is 0 Å². The van der Waals surface area contributed by atoms with Gasteiger partial charge >= 0.3 is 17.1 Å². The first-order chi connectivity index (χ1) is 15.5. The van der Waals surface area contributed by atoms with Crippen molar-refractivity contribution in [3.63, 3.8) is 0 Å². The molecular weight excluding hydrogens is 472 g/mol. The number of aliphatic hydroxyl groups is 2. The zero-order valence-electron chi connectivity index (χ0n) is 21.2. The van der Waals surface area contributed by atoms with E-state index in [2.05, 4.69) is 55.4 Å². The van der Waals surface area contributed by atoms with Crippen molar-refractivity contribution in [2.24, 2.45) is 0 Å². The number of aliphatic hydroxyl groups excluding tert-OH is 2. The molecule has 0 unspecified atom stereocenters. The Bertz CT molecular complexity index is 747. The molecule has 0 radical (unpaired) electrons. The van der Waals surface area contributed by atoms with E-state index < -0.39 is 47.0 Å². The summed E-state index contributed by atoms with van der Waals surface area (Å²) in [6.07, 6.45) is -2.72. The van der Waals surface area contributed by atoms with E-state index in [-0.39, 0.29) is 28.8 Å². The van der Waals surface area contributed by atoms with Crippen LogP contribution in [0.3, 0.4) is 0 Å². The highest BCUT2D eigenvalue weighted by molar-refractivity contribution is 7.99. The Morgan fingerprint density at radius 1 is 0.818 bits per heavy atom. The molecule has 9 heteroatoms. The average molecular weight is 515 g/mol. The fraction of sp³-hybridized carbons (Fsp3) is 0.750. The first kappa shape index (κ1) is 27.4. The molecule has 0 spiro atoms. The number of thioether (sulfide) groups is 1. The molecule has 0 aliphatic carbocycles. The number of ether oxygens (including phenoxy) is 1. The van der Waals surface area contributed by atoms with Crippen LogP contribution in [0.25, 0.3) is 0 Å². The van der Waals surface area contributed by atoms with Gasteiger partial charge in [-0.25, -0.2) is 0 Å². The number of benzene rings is 1. The molecule has 2 N–H and O–H groups in total. The summed E-state index contributed by atoms with van der Waals surface area (Å²) in [4.78, 5) is 0.992. The molecule has 3 rings (SSSR count). The molecule has 2 heterocycles. The van der Waals surface area contributed by atoms with Crippen LogP contribution in [0, 0.1) is 0 Å². The van der Waals surface area contributed by atoms with E-state index in [1.165, 1.54) is 11.8 Å². The minimum atomic E-state index is -2.83. The maximum atomic E-state index is 11.6. The zero-order valence-corrected chi connectivity index (χ0v) is 24.0. The molecule has 1 aromatic rings. The second kappa shape index (κ2) is 10.8. The van der Waals surface area contributed by atoms with Crippen LogP contribution in [0.2, 0.25) is 22.2 Å². The summed E-state index contributed by atoms with van der Waals surface area (Å²) < 4.78 is 27.3. The van der Waals surface area contributed by atoms with Gasteiger partial charge in [-0.3, -0.25) is 0 Å². The lowest BCUT2D eigenvalue weighted by atomic mass is 10.0. The van der Waals surface area contributed by atoms with Crippen molar-refractivity contribution in [1.82, 2.24) is 0 Å². The summed E-state index contributed by atoms with van der Waals surface area (Å²) in [5, 5.41) is 21.9. The predicted octanol–water partition coefficient (Wildman–Crippen LogP) is 5.18. The molecule has 2 saturated heterocycles. The largest absolute Gasteiger partial charge is 0.414 e. The fourth-order valence-electron chi connectivity index (χ4n) is 5.12. The van der Waals surface area contributed by atoms with Crippen LogP contribution in [-0.2, 0) is 17.7 Å². The van der Waals surface area contributed by atoms with Gasteiger partial charge < -0.3 is 27.9 Å². The van der Waals surface area contributed by atoms with Gasteiger partial charge in [0, 0.05) is 4.90 Å². The Hall–Kier alpha value is -0.236. The van der Waals surface area contributed by atoms with Gasteiger partial charge in [-0.15, -0.1) is 0 Å². The summed E-state index contributed by atoms with van der Waals surface area (Å²) in [7, 11) is -5.65. The van der Waals surface area contributed by atoms with E-state index in [0.29, 0.717) is 0 Å². The lowest BCUT2D eigenvalue weighted by Gasteiger charge is -2.46. The van der Waals surface area contributed by atoms with Gasteiger partial charge in [0.05, 0.1) is 6.61 Å². The van der Waals surface area contributed by atoms with E-state index in [4.69, 9.17) is 17.7 Å². The van der Waals surface area contributed by atoms with E-state index in [0.717, 1.165) is 4.90 Å². The maximum Gasteiger partial charge on any atom is 0.335 e. The van der Waals surface area contributed by atoms with Crippen LogP contribution in [0.5, 0.6) is 0 Å². The Morgan fingerprint density at radius 2 is 1.30 bits per heavy atom. The second-order valence-electron chi connectivity index (χ2n) is 10.5. The highest BCUT2D eigenvalue weighted by Crippen LogP contribution is 2.50. The molecule has 33 heavy (non-hydrogen) atoms. The van der Waals surface area contributed by atoms with Crippen molar-refractivity contribution in [2.45, 2.75) is 112 Å². The second-order valence-corrected chi connectivity index (χ2v) is 20.4. The summed E-state index contributed by atoms with van der Waals surface area (Å²) in [6.45, 7) is 17.1. The highest BCUT2D eigenvalue weighted by atomic mass is 32.2. The van der Waals surface area contributed by atoms with Crippen LogP contribution in [-0.4, -0.2) is 63.8 Å². The Labute approximate surface area is 205 Å². The van der Waals surface area contributed by atoms with Crippen molar-refractivity contribution in [3.8, 4) is 0 Å². The van der Waals surface area contributed by atoms with E-state index in [1.807, 2.05) is 30.3 Å². The Morgan fingerprint density at radius 3 is 1.76 bits per heavy atom. The number of hydrogen-bond donors (Lipinski definition) is 2. The zero-order chi connectivity index (χ0) is 24.6. The minimum Gasteiger partial charge on any atom is -0.414 e. The molecule has 5 atom stereocenters. The number of hydrogen-bond acceptors (Lipinski definition) is 7.